The van der Waals surface area contributed by atoms with E-state index in [1.54, 1.807) is 0 Å². The van der Waals surface area contributed by atoms with Crippen LogP contribution in [0.3, 0.4) is 0 Å². The van der Waals surface area contributed by atoms with Gasteiger partial charge < -0.3 is 10.4 Å². The van der Waals surface area contributed by atoms with Crippen LogP contribution < -0.4 is 5.32 Å². The highest BCUT2D eigenvalue weighted by atomic mass is 28.3. The third-order valence-corrected chi connectivity index (χ3v) is 10.8. The molecule has 0 heterocycles. The van der Waals surface area contributed by atoms with Gasteiger partial charge in [-0.1, -0.05) is 82.4 Å². The molecule has 2 aromatic rings. The minimum atomic E-state index is -1.83. The first kappa shape index (κ1) is 21.9. The molecule has 4 nitrogen and oxygen atoms in total. The number of fused-ring (bicyclic) bond motifs is 3. The zero-order valence-corrected chi connectivity index (χ0v) is 19.2. The van der Waals surface area contributed by atoms with Crippen LogP contribution in [0.4, 0.5) is 0 Å². The average molecular weight is 420 g/mol. The molecule has 0 fully saturated rings. The summed E-state index contributed by atoms with van der Waals surface area (Å²) in [5, 5.41) is 12.5. The van der Waals surface area contributed by atoms with Crippen molar-refractivity contribution in [1.29, 1.82) is 0 Å². The Balaban J connectivity index is 1.83. The van der Waals surface area contributed by atoms with Gasteiger partial charge in [-0.25, -0.2) is 4.79 Å². The van der Waals surface area contributed by atoms with Crippen LogP contribution in [0, 0.1) is 11.5 Å². The first-order valence-corrected chi connectivity index (χ1v) is 13.2. The number of carboxylic acid groups (broad SMARTS) is 1. The Labute approximate surface area is 179 Å². The van der Waals surface area contributed by atoms with Crippen LogP contribution in [0.15, 0.2) is 48.5 Å². The molecule has 1 amide bonds. The monoisotopic (exact) mass is 419 g/mol. The van der Waals surface area contributed by atoms with Gasteiger partial charge in [-0.3, -0.25) is 4.79 Å². The lowest BCUT2D eigenvalue weighted by Crippen LogP contribution is -2.43. The topological polar surface area (TPSA) is 66.4 Å². The number of aliphatic carboxylic acids is 1. The van der Waals surface area contributed by atoms with Crippen LogP contribution >= 0.6 is 0 Å². The molecular weight excluding hydrogens is 390 g/mol. The first-order chi connectivity index (χ1) is 14.0. The van der Waals surface area contributed by atoms with Crippen LogP contribution in [0.25, 0.3) is 11.1 Å². The zero-order chi connectivity index (χ0) is 22.1. The Morgan fingerprint density at radius 2 is 1.53 bits per heavy atom. The van der Waals surface area contributed by atoms with Crippen LogP contribution in [0.5, 0.6) is 0 Å². The SMILES string of the molecule is CC(C)(C)[Si](C)(C)C#CC[C@H](NC(=O)C1c2ccccc2-c2ccccc21)C(=O)O. The summed E-state index contributed by atoms with van der Waals surface area (Å²) in [6, 6.07) is 14.6. The summed E-state index contributed by atoms with van der Waals surface area (Å²) in [6.07, 6.45) is 0.101. The van der Waals surface area contributed by atoms with Gasteiger partial charge in [0.1, 0.15) is 14.1 Å². The summed E-state index contributed by atoms with van der Waals surface area (Å²) in [5.41, 5.74) is 7.20. The second-order valence-electron chi connectivity index (χ2n) is 9.39. The van der Waals surface area contributed by atoms with Gasteiger partial charge in [0.05, 0.1) is 5.92 Å². The van der Waals surface area contributed by atoms with Crippen molar-refractivity contribution in [3.05, 3.63) is 59.7 Å². The fraction of sp³-hybridized carbons (Fsp3) is 0.360. The molecule has 0 aromatic heterocycles. The van der Waals surface area contributed by atoms with Gasteiger partial charge in [0.25, 0.3) is 0 Å². The van der Waals surface area contributed by atoms with Crippen molar-refractivity contribution in [2.45, 2.75) is 57.3 Å². The quantitative estimate of drug-likeness (QED) is 0.552. The lowest BCUT2D eigenvalue weighted by molar-refractivity contribution is -0.141. The molecule has 0 unspecified atom stereocenters. The highest BCUT2D eigenvalue weighted by Crippen LogP contribution is 2.44. The molecule has 30 heavy (non-hydrogen) atoms. The van der Waals surface area contributed by atoms with Gasteiger partial charge in [-0.2, -0.15) is 0 Å². The van der Waals surface area contributed by atoms with E-state index < -0.39 is 26.0 Å². The Kier molecular flexibility index (Phi) is 5.91. The standard InChI is InChI=1S/C25H29NO3Si/c1-25(2,3)30(4,5)16-10-15-21(24(28)29)26-23(27)22-19-13-8-6-11-17(19)18-12-7-9-14-20(18)22/h6-9,11-14,21-22H,15H2,1-5H3,(H,26,27)(H,28,29)/t21-/m0/s1. The molecule has 0 radical (unpaired) electrons. The number of rotatable bonds is 4. The Morgan fingerprint density at radius 3 is 2.00 bits per heavy atom. The maximum absolute atomic E-state index is 13.2. The van der Waals surface area contributed by atoms with E-state index >= 15 is 0 Å². The largest absolute Gasteiger partial charge is 0.480 e. The molecule has 5 heteroatoms. The van der Waals surface area contributed by atoms with E-state index in [0.29, 0.717) is 0 Å². The van der Waals surface area contributed by atoms with Gasteiger partial charge in [0.15, 0.2) is 0 Å². The van der Waals surface area contributed by atoms with Crippen LogP contribution in [-0.4, -0.2) is 31.1 Å². The van der Waals surface area contributed by atoms with Crippen molar-refractivity contribution in [3.8, 4) is 22.6 Å². The first-order valence-electron chi connectivity index (χ1n) is 10.2. The lowest BCUT2D eigenvalue weighted by atomic mass is 9.95. The van der Waals surface area contributed by atoms with E-state index in [-0.39, 0.29) is 17.4 Å². The predicted octanol–water partition coefficient (Wildman–Crippen LogP) is 4.81. The highest BCUT2D eigenvalue weighted by Gasteiger charge is 2.36. The van der Waals surface area contributed by atoms with Gasteiger partial charge in [0, 0.05) is 6.42 Å². The van der Waals surface area contributed by atoms with Crippen molar-refractivity contribution in [3.63, 3.8) is 0 Å². The number of carboxylic acids is 1. The fourth-order valence-corrected chi connectivity index (χ4v) is 4.37. The van der Waals surface area contributed by atoms with Gasteiger partial charge in [-0.05, 0) is 27.3 Å². The third-order valence-electron chi connectivity index (χ3n) is 6.29. The summed E-state index contributed by atoms with van der Waals surface area (Å²) in [6.45, 7) is 10.9. The molecule has 0 spiro atoms. The molecule has 2 aromatic carbocycles. The summed E-state index contributed by atoms with van der Waals surface area (Å²) < 4.78 is 0. The number of hydrogen-bond acceptors (Lipinski definition) is 2. The maximum atomic E-state index is 13.2. The van der Waals surface area contributed by atoms with Gasteiger partial charge >= 0.3 is 5.97 Å². The number of nitrogens with one attached hydrogen (secondary N) is 1. The number of carbonyl (C=O) groups excluding carboxylic acids is 1. The molecule has 0 saturated carbocycles. The molecule has 0 aliphatic heterocycles. The van der Waals surface area contributed by atoms with Crippen molar-refractivity contribution in [1.82, 2.24) is 5.32 Å². The smallest absolute Gasteiger partial charge is 0.327 e. The minimum Gasteiger partial charge on any atom is -0.480 e. The fourth-order valence-electron chi connectivity index (χ4n) is 3.45. The predicted molar refractivity (Wildman–Crippen MR) is 123 cm³/mol. The molecule has 1 atom stereocenters. The maximum Gasteiger partial charge on any atom is 0.327 e. The van der Waals surface area contributed by atoms with E-state index in [1.165, 1.54) is 0 Å². The van der Waals surface area contributed by atoms with E-state index in [9.17, 15) is 14.7 Å². The molecular formula is C25H29NO3Si. The highest BCUT2D eigenvalue weighted by molar-refractivity contribution is 6.87. The molecule has 0 bridgehead atoms. The van der Waals surface area contributed by atoms with Crippen LogP contribution in [-0.2, 0) is 9.59 Å². The summed E-state index contributed by atoms with van der Waals surface area (Å²) in [5.74, 6) is 1.20. The Bertz CT molecular complexity index is 995. The number of amides is 1. The van der Waals surface area contributed by atoms with Crippen LogP contribution in [0.2, 0.25) is 18.1 Å². The van der Waals surface area contributed by atoms with E-state index in [0.717, 1.165) is 22.3 Å². The molecule has 156 valence electrons. The minimum absolute atomic E-state index is 0.0965. The van der Waals surface area contributed by atoms with Gasteiger partial charge in [-0.15, -0.1) is 11.5 Å². The second kappa shape index (κ2) is 8.12. The van der Waals surface area contributed by atoms with Crippen molar-refractivity contribution in [2.75, 3.05) is 0 Å². The van der Waals surface area contributed by atoms with Crippen molar-refractivity contribution in [2.24, 2.45) is 0 Å². The summed E-state index contributed by atoms with van der Waals surface area (Å²) >= 11 is 0. The summed E-state index contributed by atoms with van der Waals surface area (Å²) in [7, 11) is -1.83. The van der Waals surface area contributed by atoms with E-state index in [1.807, 2.05) is 48.5 Å². The zero-order valence-electron chi connectivity index (χ0n) is 18.2. The molecule has 3 rings (SSSR count). The molecule has 1 aliphatic carbocycles. The van der Waals surface area contributed by atoms with Crippen molar-refractivity contribution < 1.29 is 14.7 Å². The second-order valence-corrected chi connectivity index (χ2v) is 14.4. The average Bonchev–Trinajstić information content (AvgIpc) is 3.00. The lowest BCUT2D eigenvalue weighted by Gasteiger charge is -2.31. The van der Waals surface area contributed by atoms with Crippen LogP contribution in [0.1, 0.15) is 44.2 Å². The van der Waals surface area contributed by atoms with E-state index in [2.05, 4.69) is 50.6 Å². The molecule has 2 N–H and O–H groups in total. The van der Waals surface area contributed by atoms with Gasteiger partial charge in [0.2, 0.25) is 5.91 Å². The summed E-state index contributed by atoms with van der Waals surface area (Å²) in [4.78, 5) is 25.0. The number of benzene rings is 2. The molecule has 1 aliphatic rings. The molecule has 0 saturated heterocycles. The number of carbonyl (C=O) groups is 2. The van der Waals surface area contributed by atoms with Crippen molar-refractivity contribution >= 4 is 20.0 Å². The normalized spacial score (nSPS) is 14.2. The number of hydrogen-bond donors (Lipinski definition) is 2. The Hall–Kier alpha value is -2.84. The van der Waals surface area contributed by atoms with E-state index in [4.69, 9.17) is 0 Å². The Morgan fingerprint density at radius 1 is 1.03 bits per heavy atom. The third kappa shape index (κ3) is 4.19.